The highest BCUT2D eigenvalue weighted by Crippen LogP contribution is 2.13. The molecular weight excluding hydrogens is 781 g/mol. The van der Waals surface area contributed by atoms with Gasteiger partial charge in [0.25, 0.3) is 0 Å². The maximum atomic E-state index is 12.8. The Morgan fingerprint density at radius 3 is 1.05 bits per heavy atom. The van der Waals surface area contributed by atoms with Gasteiger partial charge in [0.1, 0.15) is 13.2 Å². The number of esters is 3. The second-order valence-electron chi connectivity index (χ2n) is 16.7. The van der Waals surface area contributed by atoms with E-state index >= 15 is 0 Å². The number of carbonyl (C=O) groups is 3. The summed E-state index contributed by atoms with van der Waals surface area (Å²) in [6.45, 7) is 6.40. The quantitative estimate of drug-likeness (QED) is 0.0262. The number of hydrogen-bond donors (Lipinski definition) is 0. The average molecular weight is 875 g/mol. The van der Waals surface area contributed by atoms with Crippen LogP contribution >= 0.6 is 0 Å². The maximum Gasteiger partial charge on any atom is 0.306 e. The second-order valence-corrected chi connectivity index (χ2v) is 16.7. The van der Waals surface area contributed by atoms with E-state index in [1.165, 1.54) is 51.4 Å². The minimum atomic E-state index is -0.803. The number of ether oxygens (including phenoxy) is 3. The normalized spacial score (nSPS) is 12.9. The van der Waals surface area contributed by atoms with Crippen LogP contribution in [0.4, 0.5) is 0 Å². The summed E-state index contributed by atoms with van der Waals surface area (Å²) < 4.78 is 16.7. The van der Waals surface area contributed by atoms with Crippen molar-refractivity contribution in [2.45, 2.75) is 232 Å². The first-order valence-electron chi connectivity index (χ1n) is 25.7. The Hall–Kier alpha value is -3.67. The van der Waals surface area contributed by atoms with Crippen molar-refractivity contribution in [3.63, 3.8) is 0 Å². The van der Waals surface area contributed by atoms with Gasteiger partial charge in [0, 0.05) is 19.3 Å². The van der Waals surface area contributed by atoms with Crippen molar-refractivity contribution in [2.75, 3.05) is 13.2 Å². The minimum absolute atomic E-state index is 0.101. The summed E-state index contributed by atoms with van der Waals surface area (Å²) in [6, 6.07) is 0. The number of carbonyl (C=O) groups excluding carboxylic acids is 3. The van der Waals surface area contributed by atoms with E-state index in [1.54, 1.807) is 0 Å². The van der Waals surface area contributed by atoms with E-state index in [0.717, 1.165) is 135 Å². The minimum Gasteiger partial charge on any atom is -0.462 e. The van der Waals surface area contributed by atoms with E-state index in [2.05, 4.69) is 118 Å². The second kappa shape index (κ2) is 51.0. The highest BCUT2D eigenvalue weighted by Gasteiger charge is 2.19. The number of allylic oxidation sites excluding steroid dienone is 16. The first-order chi connectivity index (χ1) is 31.0. The molecule has 63 heavy (non-hydrogen) atoms. The van der Waals surface area contributed by atoms with Crippen LogP contribution in [0.3, 0.4) is 0 Å². The molecule has 0 heterocycles. The van der Waals surface area contributed by atoms with Crippen LogP contribution in [0.2, 0.25) is 0 Å². The average Bonchev–Trinajstić information content (AvgIpc) is 3.28. The van der Waals surface area contributed by atoms with Crippen LogP contribution in [0, 0.1) is 0 Å². The van der Waals surface area contributed by atoms with E-state index in [-0.39, 0.29) is 31.1 Å². The van der Waals surface area contributed by atoms with E-state index in [9.17, 15) is 14.4 Å². The van der Waals surface area contributed by atoms with Crippen molar-refractivity contribution in [3.05, 3.63) is 97.2 Å². The van der Waals surface area contributed by atoms with Crippen LogP contribution in [-0.4, -0.2) is 37.2 Å². The third kappa shape index (κ3) is 49.2. The van der Waals surface area contributed by atoms with Gasteiger partial charge in [0.05, 0.1) is 0 Å². The molecular formula is C57H94O6. The molecule has 0 amide bonds. The maximum absolute atomic E-state index is 12.8. The molecule has 0 unspecified atom stereocenters. The molecule has 0 aromatic carbocycles. The molecule has 1 atom stereocenters. The van der Waals surface area contributed by atoms with E-state index in [0.29, 0.717) is 19.3 Å². The van der Waals surface area contributed by atoms with Crippen LogP contribution in [0.25, 0.3) is 0 Å². The molecule has 6 nitrogen and oxygen atoms in total. The summed E-state index contributed by atoms with van der Waals surface area (Å²) in [4.78, 5) is 37.9. The SMILES string of the molecule is CC/C=C\C/C=C\C/C=C\CCCCCCCC(=O)O[C@@H](COC(=O)CCCCC/C=C\C/C=C\C/C=C\C/C=C\CCCCC)COC(=O)CCCCCCC/C=C\CCCC. The summed E-state index contributed by atoms with van der Waals surface area (Å²) in [5.74, 6) is -0.963. The molecule has 0 spiro atoms. The van der Waals surface area contributed by atoms with Gasteiger partial charge in [0.2, 0.25) is 0 Å². The third-order valence-electron chi connectivity index (χ3n) is 10.5. The Balaban J connectivity index is 4.47. The van der Waals surface area contributed by atoms with Gasteiger partial charge in [-0.1, -0.05) is 189 Å². The zero-order chi connectivity index (χ0) is 45.8. The molecule has 0 saturated heterocycles. The molecule has 0 aliphatic rings. The fourth-order valence-corrected chi connectivity index (χ4v) is 6.65. The van der Waals surface area contributed by atoms with Gasteiger partial charge in [-0.2, -0.15) is 0 Å². The van der Waals surface area contributed by atoms with Gasteiger partial charge in [-0.3, -0.25) is 14.4 Å². The van der Waals surface area contributed by atoms with Gasteiger partial charge in [-0.15, -0.1) is 0 Å². The van der Waals surface area contributed by atoms with Crippen LogP contribution in [0.5, 0.6) is 0 Å². The van der Waals surface area contributed by atoms with Crippen LogP contribution in [-0.2, 0) is 28.6 Å². The van der Waals surface area contributed by atoms with Crippen LogP contribution in [0.15, 0.2) is 97.2 Å². The highest BCUT2D eigenvalue weighted by atomic mass is 16.6. The van der Waals surface area contributed by atoms with Crippen LogP contribution < -0.4 is 0 Å². The summed E-state index contributed by atoms with van der Waals surface area (Å²) in [6.07, 6.45) is 66.7. The zero-order valence-electron chi connectivity index (χ0n) is 40.8. The largest absolute Gasteiger partial charge is 0.462 e. The summed E-state index contributed by atoms with van der Waals surface area (Å²) in [5.41, 5.74) is 0. The molecule has 0 N–H and O–H groups in total. The van der Waals surface area contributed by atoms with Crippen molar-refractivity contribution in [2.24, 2.45) is 0 Å². The Labute approximate surface area is 387 Å². The summed E-state index contributed by atoms with van der Waals surface area (Å²) >= 11 is 0. The van der Waals surface area contributed by atoms with E-state index < -0.39 is 6.10 Å². The molecule has 0 bridgehead atoms. The lowest BCUT2D eigenvalue weighted by atomic mass is 10.1. The lowest BCUT2D eigenvalue weighted by Gasteiger charge is -2.18. The predicted octanol–water partition coefficient (Wildman–Crippen LogP) is 17.0. The predicted molar refractivity (Wildman–Crippen MR) is 270 cm³/mol. The smallest absolute Gasteiger partial charge is 0.306 e. The van der Waals surface area contributed by atoms with Crippen molar-refractivity contribution < 1.29 is 28.6 Å². The topological polar surface area (TPSA) is 78.9 Å². The highest BCUT2D eigenvalue weighted by molar-refractivity contribution is 5.71. The fraction of sp³-hybridized carbons (Fsp3) is 0.667. The summed E-state index contributed by atoms with van der Waals surface area (Å²) in [5, 5.41) is 0. The third-order valence-corrected chi connectivity index (χ3v) is 10.5. The Bertz CT molecular complexity index is 1280. The van der Waals surface area contributed by atoms with Crippen molar-refractivity contribution in [3.8, 4) is 0 Å². The molecule has 358 valence electrons. The monoisotopic (exact) mass is 875 g/mol. The molecule has 0 radical (unpaired) electrons. The molecule has 0 aromatic heterocycles. The van der Waals surface area contributed by atoms with Gasteiger partial charge < -0.3 is 14.2 Å². The summed E-state index contributed by atoms with van der Waals surface area (Å²) in [7, 11) is 0. The Morgan fingerprint density at radius 2 is 0.635 bits per heavy atom. The van der Waals surface area contributed by atoms with Crippen molar-refractivity contribution in [1.82, 2.24) is 0 Å². The lowest BCUT2D eigenvalue weighted by Crippen LogP contribution is -2.30. The molecule has 0 aromatic rings. The van der Waals surface area contributed by atoms with E-state index in [1.807, 2.05) is 0 Å². The number of unbranched alkanes of at least 4 members (excludes halogenated alkanes) is 18. The van der Waals surface area contributed by atoms with Gasteiger partial charge in [-0.05, 0) is 116 Å². The molecule has 6 heteroatoms. The van der Waals surface area contributed by atoms with Gasteiger partial charge >= 0.3 is 17.9 Å². The number of rotatable bonds is 45. The standard InChI is InChI=1S/C57H94O6/c1-4-7-10-13-16-19-22-24-26-27-28-29-31-32-35-38-41-44-47-50-56(59)62-53-54(52-61-55(58)49-46-43-40-37-34-21-18-15-12-9-6-3)63-57(60)51-48-45-42-39-36-33-30-25-23-20-17-14-11-8-5-2/h8,11,15-20,24-26,28-30,32,35,54H,4-7,9-10,12-14,21-23,27,31,33-34,36-53H2,1-3H3/b11-8-,18-15-,19-16-,20-17-,26-24-,29-28-,30-25-,35-32-/t54-/m1/s1. The zero-order valence-corrected chi connectivity index (χ0v) is 40.8. The fourth-order valence-electron chi connectivity index (χ4n) is 6.65. The first-order valence-corrected chi connectivity index (χ1v) is 25.7. The molecule has 0 fully saturated rings. The first kappa shape index (κ1) is 59.3. The Morgan fingerprint density at radius 1 is 0.333 bits per heavy atom. The van der Waals surface area contributed by atoms with Crippen LogP contribution in [0.1, 0.15) is 226 Å². The number of hydrogen-bond acceptors (Lipinski definition) is 6. The molecule has 0 aliphatic carbocycles. The molecule has 0 saturated carbocycles. The van der Waals surface area contributed by atoms with E-state index in [4.69, 9.17) is 14.2 Å². The van der Waals surface area contributed by atoms with Crippen molar-refractivity contribution in [1.29, 1.82) is 0 Å². The molecule has 0 rings (SSSR count). The van der Waals surface area contributed by atoms with Gasteiger partial charge in [0.15, 0.2) is 6.10 Å². The Kier molecular flexibility index (Phi) is 48.0. The lowest BCUT2D eigenvalue weighted by molar-refractivity contribution is -0.167. The van der Waals surface area contributed by atoms with Gasteiger partial charge in [-0.25, -0.2) is 0 Å². The van der Waals surface area contributed by atoms with Crippen molar-refractivity contribution >= 4 is 17.9 Å². The molecule has 0 aliphatic heterocycles.